The van der Waals surface area contributed by atoms with Crippen molar-refractivity contribution in [3.63, 3.8) is 0 Å². The molecule has 0 saturated heterocycles. The highest BCUT2D eigenvalue weighted by Crippen LogP contribution is 2.24. The number of carbonyl (C=O) groups excluding carboxylic acids is 2. The van der Waals surface area contributed by atoms with E-state index in [-0.39, 0.29) is 11.6 Å². The smallest absolute Gasteiger partial charge is 0.159 e. The van der Waals surface area contributed by atoms with Crippen LogP contribution in [0.1, 0.15) is 38.5 Å². The molecule has 2 nitrogen and oxygen atoms in total. The molecule has 2 rings (SSSR count). The lowest BCUT2D eigenvalue weighted by Gasteiger charge is -2.15. The van der Waals surface area contributed by atoms with Crippen LogP contribution in [-0.4, -0.2) is 11.6 Å². The third-order valence-electron chi connectivity index (χ3n) is 2.90. The maximum atomic E-state index is 11.5. The molecular weight excluding hydrogens is 188 g/mol. The van der Waals surface area contributed by atoms with Crippen molar-refractivity contribution in [1.29, 1.82) is 0 Å². The number of allylic oxidation sites excluding steroid dienone is 4. The molecule has 0 atom stereocenters. The first-order chi connectivity index (χ1) is 7.27. The summed E-state index contributed by atoms with van der Waals surface area (Å²) in [6, 6.07) is 0. The number of rotatable bonds is 2. The van der Waals surface area contributed by atoms with Crippen molar-refractivity contribution in [3.05, 3.63) is 29.7 Å². The van der Waals surface area contributed by atoms with Gasteiger partial charge in [0.25, 0.3) is 0 Å². The second-order valence-corrected chi connectivity index (χ2v) is 4.09. The predicted octanol–water partition coefficient (Wildman–Crippen LogP) is 2.55. The second kappa shape index (κ2) is 4.56. The molecular formula is C13H15O2. The minimum absolute atomic E-state index is 0.181. The average molecular weight is 203 g/mol. The van der Waals surface area contributed by atoms with Gasteiger partial charge in [-0.15, -0.1) is 0 Å². The maximum absolute atomic E-state index is 11.5. The summed E-state index contributed by atoms with van der Waals surface area (Å²) in [6.07, 6.45) is 10.8. The monoisotopic (exact) mass is 203 g/mol. The molecule has 79 valence electrons. The van der Waals surface area contributed by atoms with Gasteiger partial charge in [-0.25, -0.2) is 0 Å². The molecule has 2 aliphatic carbocycles. The Labute approximate surface area is 90.1 Å². The minimum atomic E-state index is 0.181. The molecule has 0 aliphatic heterocycles. The van der Waals surface area contributed by atoms with Gasteiger partial charge in [0.1, 0.15) is 0 Å². The van der Waals surface area contributed by atoms with Crippen molar-refractivity contribution in [2.75, 3.05) is 0 Å². The van der Waals surface area contributed by atoms with E-state index in [1.54, 1.807) is 6.42 Å². The fourth-order valence-electron chi connectivity index (χ4n) is 2.00. The van der Waals surface area contributed by atoms with E-state index in [2.05, 4.69) is 0 Å². The molecule has 0 saturated carbocycles. The fraction of sp³-hybridized carbons (Fsp3) is 0.462. The molecule has 0 N–H and O–H groups in total. The highest BCUT2D eigenvalue weighted by Gasteiger charge is 2.19. The van der Waals surface area contributed by atoms with Crippen molar-refractivity contribution in [3.8, 4) is 0 Å². The number of carbonyl (C=O) groups is 2. The topological polar surface area (TPSA) is 34.1 Å². The quantitative estimate of drug-likeness (QED) is 0.691. The zero-order chi connectivity index (χ0) is 10.7. The summed E-state index contributed by atoms with van der Waals surface area (Å²) in [5.74, 6) is 0.362. The molecule has 0 fully saturated rings. The Balaban J connectivity index is 2.07. The molecule has 0 aromatic heterocycles. The van der Waals surface area contributed by atoms with Crippen molar-refractivity contribution in [2.24, 2.45) is 0 Å². The summed E-state index contributed by atoms with van der Waals surface area (Å²) in [5.41, 5.74) is 1.48. The van der Waals surface area contributed by atoms with E-state index in [4.69, 9.17) is 0 Å². The van der Waals surface area contributed by atoms with E-state index in [0.29, 0.717) is 12.8 Å². The van der Waals surface area contributed by atoms with E-state index in [9.17, 15) is 9.59 Å². The molecule has 0 heterocycles. The SMILES string of the molecule is O=C1CCCC=C1[CH]C1=CCCCC1=O. The van der Waals surface area contributed by atoms with Crippen molar-refractivity contribution >= 4 is 11.6 Å². The van der Waals surface area contributed by atoms with Gasteiger partial charge in [0.15, 0.2) is 11.6 Å². The van der Waals surface area contributed by atoms with Gasteiger partial charge in [0.05, 0.1) is 0 Å². The molecule has 2 aliphatic rings. The van der Waals surface area contributed by atoms with Crippen LogP contribution in [0.5, 0.6) is 0 Å². The second-order valence-electron chi connectivity index (χ2n) is 4.09. The van der Waals surface area contributed by atoms with Gasteiger partial charge < -0.3 is 0 Å². The molecule has 15 heavy (non-hydrogen) atoms. The summed E-state index contributed by atoms with van der Waals surface area (Å²) in [7, 11) is 0. The average Bonchev–Trinajstić information content (AvgIpc) is 2.24. The lowest BCUT2D eigenvalue weighted by molar-refractivity contribution is -0.115. The zero-order valence-corrected chi connectivity index (χ0v) is 8.79. The van der Waals surface area contributed by atoms with Crippen LogP contribution < -0.4 is 0 Å². The van der Waals surface area contributed by atoms with Crippen molar-refractivity contribution < 1.29 is 9.59 Å². The summed E-state index contributed by atoms with van der Waals surface area (Å²) >= 11 is 0. The first-order valence-electron chi connectivity index (χ1n) is 5.59. The summed E-state index contributed by atoms with van der Waals surface area (Å²) < 4.78 is 0. The van der Waals surface area contributed by atoms with E-state index in [1.165, 1.54) is 0 Å². The molecule has 0 aromatic carbocycles. The first-order valence-corrected chi connectivity index (χ1v) is 5.59. The highest BCUT2D eigenvalue weighted by molar-refractivity contribution is 6.05. The number of hydrogen-bond donors (Lipinski definition) is 0. The Bertz CT molecular complexity index is 314. The highest BCUT2D eigenvalue weighted by atomic mass is 16.1. The van der Waals surface area contributed by atoms with E-state index < -0.39 is 0 Å². The third-order valence-corrected chi connectivity index (χ3v) is 2.90. The lowest BCUT2D eigenvalue weighted by atomic mass is 9.88. The first kappa shape index (κ1) is 10.3. The van der Waals surface area contributed by atoms with E-state index in [1.807, 2.05) is 12.2 Å². The van der Waals surface area contributed by atoms with Crippen LogP contribution in [0.25, 0.3) is 0 Å². The molecule has 1 radical (unpaired) electrons. The summed E-state index contributed by atoms with van der Waals surface area (Å²) in [4.78, 5) is 23.1. The van der Waals surface area contributed by atoms with Crippen LogP contribution in [0.3, 0.4) is 0 Å². The summed E-state index contributed by atoms with van der Waals surface area (Å²) in [5, 5.41) is 0. The van der Waals surface area contributed by atoms with Crippen LogP contribution in [0, 0.1) is 6.42 Å². The summed E-state index contributed by atoms with van der Waals surface area (Å²) in [6.45, 7) is 0. The molecule has 2 heteroatoms. The number of Topliss-reactive ketones (excluding diaryl/α,β-unsaturated/α-hetero) is 2. The van der Waals surface area contributed by atoms with Gasteiger partial charge in [0, 0.05) is 19.3 Å². The standard InChI is InChI=1S/C13H15O2/c14-12-7-3-1-5-10(12)9-11-6-2-4-8-13(11)15/h5-6,9H,1-4,7-8H2. The Morgan fingerprint density at radius 3 is 1.73 bits per heavy atom. The van der Waals surface area contributed by atoms with Gasteiger partial charge in [-0.2, -0.15) is 0 Å². The number of ketones is 2. The van der Waals surface area contributed by atoms with Crippen molar-refractivity contribution in [2.45, 2.75) is 38.5 Å². The molecule has 0 amide bonds. The molecule has 0 aromatic rings. The van der Waals surface area contributed by atoms with Crippen LogP contribution in [0.15, 0.2) is 23.3 Å². The Morgan fingerprint density at radius 1 is 0.867 bits per heavy atom. The zero-order valence-electron chi connectivity index (χ0n) is 8.79. The Hall–Kier alpha value is -1.18. The minimum Gasteiger partial charge on any atom is -0.295 e. The molecule has 0 spiro atoms. The van der Waals surface area contributed by atoms with Crippen LogP contribution in [0.2, 0.25) is 0 Å². The Kier molecular flexibility index (Phi) is 3.14. The van der Waals surface area contributed by atoms with Crippen LogP contribution >= 0.6 is 0 Å². The van der Waals surface area contributed by atoms with Gasteiger partial charge in [0.2, 0.25) is 0 Å². The number of hydrogen-bond acceptors (Lipinski definition) is 2. The van der Waals surface area contributed by atoms with Gasteiger partial charge in [-0.1, -0.05) is 12.2 Å². The van der Waals surface area contributed by atoms with E-state index in [0.717, 1.165) is 36.8 Å². The van der Waals surface area contributed by atoms with Gasteiger partial charge in [-0.05, 0) is 36.8 Å². The van der Waals surface area contributed by atoms with E-state index >= 15 is 0 Å². The normalized spacial score (nSPS) is 22.4. The lowest BCUT2D eigenvalue weighted by Crippen LogP contribution is -2.13. The Morgan fingerprint density at radius 2 is 1.33 bits per heavy atom. The largest absolute Gasteiger partial charge is 0.295 e. The van der Waals surface area contributed by atoms with Gasteiger partial charge in [-0.3, -0.25) is 9.59 Å². The van der Waals surface area contributed by atoms with Crippen LogP contribution in [-0.2, 0) is 9.59 Å². The van der Waals surface area contributed by atoms with Crippen molar-refractivity contribution in [1.82, 2.24) is 0 Å². The van der Waals surface area contributed by atoms with Crippen LogP contribution in [0.4, 0.5) is 0 Å². The van der Waals surface area contributed by atoms with Gasteiger partial charge >= 0.3 is 0 Å². The maximum Gasteiger partial charge on any atom is 0.159 e. The predicted molar refractivity (Wildman–Crippen MR) is 58.2 cm³/mol. The molecule has 0 bridgehead atoms. The fourth-order valence-corrected chi connectivity index (χ4v) is 2.00. The third kappa shape index (κ3) is 2.44. The molecule has 0 unspecified atom stereocenters.